The zero-order valence-electron chi connectivity index (χ0n) is 14.5. The first kappa shape index (κ1) is 22.0. The highest BCUT2D eigenvalue weighted by molar-refractivity contribution is 7.87. The van der Waals surface area contributed by atoms with Crippen LogP contribution in [0.15, 0.2) is 6.07 Å². The summed E-state index contributed by atoms with van der Waals surface area (Å²) >= 11 is 0. The van der Waals surface area contributed by atoms with Crippen molar-refractivity contribution in [3.63, 3.8) is 0 Å². The van der Waals surface area contributed by atoms with Crippen LogP contribution < -0.4 is 9.92 Å². The van der Waals surface area contributed by atoms with Crippen molar-refractivity contribution in [1.82, 2.24) is 4.98 Å². The molecule has 0 fully saturated rings. The fourth-order valence-corrected chi connectivity index (χ4v) is 2.05. The van der Waals surface area contributed by atoms with E-state index in [9.17, 15) is 26.4 Å². The van der Waals surface area contributed by atoms with Gasteiger partial charge in [-0.25, -0.2) is 4.79 Å². The Balaban J connectivity index is 3.36. The second-order valence-corrected chi connectivity index (χ2v) is 7.52. The van der Waals surface area contributed by atoms with E-state index in [2.05, 4.69) is 9.17 Å². The Labute approximate surface area is 148 Å². The zero-order chi connectivity index (χ0) is 20.3. The first-order valence-corrected chi connectivity index (χ1v) is 8.70. The molecule has 0 radical (unpaired) electrons. The quantitative estimate of drug-likeness (QED) is 0.439. The Morgan fingerprint density at radius 3 is 2.31 bits per heavy atom. The minimum absolute atomic E-state index is 0.0124. The van der Waals surface area contributed by atoms with Crippen molar-refractivity contribution in [1.29, 1.82) is 0 Å². The fourth-order valence-electron chi connectivity index (χ4n) is 1.64. The van der Waals surface area contributed by atoms with E-state index in [0.717, 1.165) is 6.07 Å². The summed E-state index contributed by atoms with van der Waals surface area (Å²) in [6, 6.07) is 0.831. The van der Waals surface area contributed by atoms with Gasteiger partial charge in [0.1, 0.15) is 11.4 Å². The number of hydrogen-bond donors (Lipinski definition) is 1. The van der Waals surface area contributed by atoms with Crippen molar-refractivity contribution >= 4 is 21.9 Å². The van der Waals surface area contributed by atoms with Gasteiger partial charge < -0.3 is 19.4 Å². The molecule has 12 heteroatoms. The van der Waals surface area contributed by atoms with Gasteiger partial charge >= 0.3 is 21.6 Å². The van der Waals surface area contributed by atoms with Crippen LogP contribution in [0.5, 0.6) is 5.88 Å². The van der Waals surface area contributed by atoms with Gasteiger partial charge in [0.15, 0.2) is 0 Å². The Hall–Kier alpha value is -2.08. The topological polar surface area (TPSA) is 118 Å². The highest BCUT2D eigenvalue weighted by Crippen LogP contribution is 2.29. The van der Waals surface area contributed by atoms with E-state index in [-0.39, 0.29) is 24.3 Å². The van der Waals surface area contributed by atoms with E-state index >= 15 is 0 Å². The highest BCUT2D eigenvalue weighted by Gasteiger charge is 2.49. The van der Waals surface area contributed by atoms with Crippen LogP contribution in [0.25, 0.3) is 0 Å². The van der Waals surface area contributed by atoms with Gasteiger partial charge in [0.05, 0.1) is 18.8 Å². The van der Waals surface area contributed by atoms with Crippen molar-refractivity contribution in [2.45, 2.75) is 45.4 Å². The number of nitrogen functional groups attached to an aromatic ring is 1. The van der Waals surface area contributed by atoms with Crippen LogP contribution in [-0.4, -0.2) is 37.1 Å². The molecule has 0 bridgehead atoms. The molecule has 0 aliphatic carbocycles. The summed E-state index contributed by atoms with van der Waals surface area (Å²) in [6.45, 7) is 6.39. The van der Waals surface area contributed by atoms with Crippen molar-refractivity contribution in [3.8, 4) is 5.88 Å². The molecular weight excluding hydrogens is 381 g/mol. The van der Waals surface area contributed by atoms with Gasteiger partial charge in [0.2, 0.25) is 5.88 Å². The largest absolute Gasteiger partial charge is 0.534 e. The number of carbonyl (C=O) groups is 1. The zero-order valence-corrected chi connectivity index (χ0v) is 15.3. The lowest BCUT2D eigenvalue weighted by Crippen LogP contribution is -2.28. The molecular formula is C14H19F3N2O6S. The molecule has 0 aromatic carbocycles. The second-order valence-electron chi connectivity index (χ2n) is 5.98. The summed E-state index contributed by atoms with van der Waals surface area (Å²) in [6.07, 6.45) is 0. The van der Waals surface area contributed by atoms with Crippen molar-refractivity contribution < 1.29 is 40.0 Å². The van der Waals surface area contributed by atoms with Gasteiger partial charge in [-0.3, -0.25) is 0 Å². The van der Waals surface area contributed by atoms with Gasteiger partial charge in [-0.05, 0) is 27.7 Å². The number of pyridine rings is 1. The minimum Gasteiger partial charge on any atom is -0.462 e. The first-order chi connectivity index (χ1) is 11.7. The molecule has 148 valence electrons. The lowest BCUT2D eigenvalue weighted by Gasteiger charge is -2.21. The molecule has 1 heterocycles. The third-order valence-corrected chi connectivity index (χ3v) is 3.68. The summed E-state index contributed by atoms with van der Waals surface area (Å²) in [4.78, 5) is 15.4. The van der Waals surface area contributed by atoms with Crippen LogP contribution in [0.2, 0.25) is 0 Å². The average molecular weight is 400 g/mol. The van der Waals surface area contributed by atoms with E-state index in [1.807, 2.05) is 0 Å². The van der Waals surface area contributed by atoms with Crippen LogP contribution >= 0.6 is 0 Å². The molecule has 1 aromatic rings. The molecule has 8 nitrogen and oxygen atoms in total. The highest BCUT2D eigenvalue weighted by atomic mass is 32.2. The van der Waals surface area contributed by atoms with E-state index in [0.29, 0.717) is 0 Å². The average Bonchev–Trinajstić information content (AvgIpc) is 2.42. The monoisotopic (exact) mass is 400 g/mol. The smallest absolute Gasteiger partial charge is 0.462 e. The number of nitrogens with zero attached hydrogens (tertiary/aromatic N) is 1. The Bertz CT molecular complexity index is 772. The number of esters is 1. The molecule has 1 rings (SSSR count). The van der Waals surface area contributed by atoms with Crippen LogP contribution in [0.4, 0.5) is 19.0 Å². The maximum absolute atomic E-state index is 12.5. The normalized spacial score (nSPS) is 12.7. The van der Waals surface area contributed by atoms with Gasteiger partial charge in [0.25, 0.3) is 0 Å². The van der Waals surface area contributed by atoms with E-state index in [1.54, 1.807) is 27.7 Å². The minimum atomic E-state index is -5.95. The number of aromatic nitrogens is 1. The molecule has 0 unspecified atom stereocenters. The Kier molecular flexibility index (Phi) is 6.47. The Morgan fingerprint density at radius 2 is 1.85 bits per heavy atom. The number of rotatable bonds is 6. The molecule has 0 spiro atoms. The molecule has 26 heavy (non-hydrogen) atoms. The molecule has 0 saturated carbocycles. The number of nitrogens with two attached hydrogens (primary N) is 1. The number of halogens is 3. The van der Waals surface area contributed by atoms with E-state index in [1.165, 1.54) is 0 Å². The molecule has 0 amide bonds. The molecule has 0 atom stereocenters. The summed E-state index contributed by atoms with van der Waals surface area (Å²) in [5, 5.41) is 0. The van der Waals surface area contributed by atoms with Gasteiger partial charge in [-0.15, -0.1) is 0 Å². The SMILES string of the molecule is CCOC(=O)c1c(COC(C)(C)C)cc(OS(=O)(=O)C(F)(F)F)nc1N. The van der Waals surface area contributed by atoms with Gasteiger partial charge in [-0.2, -0.15) is 26.6 Å². The molecule has 0 aliphatic heterocycles. The maximum atomic E-state index is 12.5. The summed E-state index contributed by atoms with van der Waals surface area (Å²) < 4.78 is 73.9. The molecule has 0 aliphatic rings. The van der Waals surface area contributed by atoms with Gasteiger partial charge in [-0.1, -0.05) is 0 Å². The predicted octanol–water partition coefficient (Wildman–Crippen LogP) is 2.38. The fraction of sp³-hybridized carbons (Fsp3) is 0.571. The van der Waals surface area contributed by atoms with Crippen LogP contribution in [0.1, 0.15) is 43.6 Å². The van der Waals surface area contributed by atoms with E-state index < -0.39 is 38.9 Å². The predicted molar refractivity (Wildman–Crippen MR) is 84.8 cm³/mol. The number of hydrogen-bond acceptors (Lipinski definition) is 8. The van der Waals surface area contributed by atoms with Crippen LogP contribution in [0.3, 0.4) is 0 Å². The van der Waals surface area contributed by atoms with E-state index in [4.69, 9.17) is 15.2 Å². The third-order valence-electron chi connectivity index (χ3n) is 2.72. The number of ether oxygens (including phenoxy) is 2. The first-order valence-electron chi connectivity index (χ1n) is 7.29. The Morgan fingerprint density at radius 1 is 1.27 bits per heavy atom. The van der Waals surface area contributed by atoms with Crippen molar-refractivity contribution in [3.05, 3.63) is 17.2 Å². The number of alkyl halides is 3. The number of carbonyl (C=O) groups excluding carboxylic acids is 1. The molecule has 2 N–H and O–H groups in total. The van der Waals surface area contributed by atoms with Crippen molar-refractivity contribution in [2.24, 2.45) is 0 Å². The summed E-state index contributed by atoms with van der Waals surface area (Å²) in [5.74, 6) is -2.37. The summed E-state index contributed by atoms with van der Waals surface area (Å²) in [7, 11) is -5.95. The summed E-state index contributed by atoms with van der Waals surface area (Å²) in [5.41, 5.74) is -0.986. The van der Waals surface area contributed by atoms with Crippen molar-refractivity contribution in [2.75, 3.05) is 12.3 Å². The van der Waals surface area contributed by atoms with Crippen LogP contribution in [-0.2, 0) is 26.2 Å². The third kappa shape index (κ3) is 5.73. The van der Waals surface area contributed by atoms with Gasteiger partial charge in [0, 0.05) is 11.6 Å². The maximum Gasteiger partial charge on any atom is 0.534 e. The molecule has 1 aromatic heterocycles. The lowest BCUT2D eigenvalue weighted by atomic mass is 10.1. The lowest BCUT2D eigenvalue weighted by molar-refractivity contribution is -0.0501. The molecule has 0 saturated heterocycles. The number of anilines is 1. The standard InChI is InChI=1S/C14H19F3N2O6S/c1-5-23-12(20)10-8(7-24-13(2,3)4)6-9(19-11(10)18)25-26(21,22)14(15,16)17/h6H,5,7H2,1-4H3,(H2,18,19). The second kappa shape index (κ2) is 7.66. The van der Waals surface area contributed by atoms with Crippen LogP contribution in [0, 0.1) is 0 Å².